The van der Waals surface area contributed by atoms with Crippen molar-refractivity contribution in [1.82, 2.24) is 15.0 Å². The van der Waals surface area contributed by atoms with Crippen LogP contribution in [0.2, 0.25) is 5.02 Å². The summed E-state index contributed by atoms with van der Waals surface area (Å²) in [5.41, 5.74) is 2.67. The molecule has 3 rings (SSSR count). The third kappa shape index (κ3) is 2.06. The summed E-state index contributed by atoms with van der Waals surface area (Å²) in [4.78, 5) is 11.9. The van der Waals surface area contributed by atoms with Gasteiger partial charge in [-0.05, 0) is 30.3 Å². The van der Waals surface area contributed by atoms with Crippen LogP contribution < -0.4 is 0 Å². The molecule has 17 heavy (non-hydrogen) atoms. The molecule has 5 heteroatoms. The van der Waals surface area contributed by atoms with E-state index in [-0.39, 0.29) is 0 Å². The fraction of sp³-hybridized carbons (Fsp3) is 0. The molecule has 0 aliphatic heterocycles. The molecule has 0 aliphatic carbocycles. The van der Waals surface area contributed by atoms with Gasteiger partial charge in [-0.2, -0.15) is 0 Å². The van der Waals surface area contributed by atoms with Gasteiger partial charge in [0.1, 0.15) is 5.69 Å². The third-order valence-electron chi connectivity index (χ3n) is 2.41. The maximum Gasteiger partial charge on any atom is 0.157 e. The van der Waals surface area contributed by atoms with E-state index in [0.717, 1.165) is 27.0 Å². The summed E-state index contributed by atoms with van der Waals surface area (Å²) >= 11 is 9.23. The predicted molar refractivity (Wildman–Crippen MR) is 72.0 cm³/mol. The lowest BCUT2D eigenvalue weighted by molar-refractivity contribution is 1.24. The number of hydrogen-bond acceptors (Lipinski definition) is 2. The minimum absolute atomic E-state index is 0.618. The Bertz CT molecular complexity index is 676. The number of nitrogens with one attached hydrogen (secondary N) is 1. The first-order valence-corrected chi connectivity index (χ1v) is 6.17. The zero-order chi connectivity index (χ0) is 11.8. The van der Waals surface area contributed by atoms with Crippen molar-refractivity contribution >= 4 is 38.6 Å². The van der Waals surface area contributed by atoms with Crippen molar-refractivity contribution in [3.8, 4) is 11.5 Å². The Morgan fingerprint density at radius 3 is 2.82 bits per heavy atom. The maximum atomic E-state index is 5.80. The number of benzene rings is 1. The van der Waals surface area contributed by atoms with Crippen LogP contribution in [-0.2, 0) is 0 Å². The average Bonchev–Trinajstić information content (AvgIpc) is 2.72. The average molecular weight is 309 g/mol. The van der Waals surface area contributed by atoms with E-state index in [0.29, 0.717) is 5.02 Å². The number of aromatic amines is 1. The van der Waals surface area contributed by atoms with Gasteiger partial charge in [0.15, 0.2) is 5.82 Å². The molecule has 1 N–H and O–H groups in total. The summed E-state index contributed by atoms with van der Waals surface area (Å²) in [6.45, 7) is 0. The molecule has 3 aromatic rings. The molecule has 0 saturated heterocycles. The molecule has 0 radical (unpaired) electrons. The lowest BCUT2D eigenvalue weighted by Gasteiger charge is -1.94. The predicted octanol–water partition coefficient (Wildman–Crippen LogP) is 4.04. The molecule has 0 amide bonds. The Morgan fingerprint density at radius 1 is 1.18 bits per heavy atom. The second kappa shape index (κ2) is 4.13. The highest BCUT2D eigenvalue weighted by Crippen LogP contribution is 2.22. The number of H-pyrrole nitrogens is 1. The van der Waals surface area contributed by atoms with Crippen LogP contribution in [0.1, 0.15) is 0 Å². The van der Waals surface area contributed by atoms with E-state index in [1.165, 1.54) is 0 Å². The van der Waals surface area contributed by atoms with E-state index in [4.69, 9.17) is 11.6 Å². The van der Waals surface area contributed by atoms with E-state index in [1.807, 2.05) is 24.3 Å². The first-order chi connectivity index (χ1) is 8.22. The van der Waals surface area contributed by atoms with Crippen LogP contribution in [0.15, 0.2) is 41.0 Å². The van der Waals surface area contributed by atoms with E-state index in [9.17, 15) is 0 Å². The summed E-state index contributed by atoms with van der Waals surface area (Å²) in [6, 6.07) is 9.54. The van der Waals surface area contributed by atoms with Gasteiger partial charge in [0.05, 0.1) is 16.1 Å². The highest BCUT2D eigenvalue weighted by molar-refractivity contribution is 9.10. The Labute approximate surface area is 111 Å². The molecule has 84 valence electrons. The molecular weight excluding hydrogens is 302 g/mol. The first kappa shape index (κ1) is 10.7. The first-order valence-electron chi connectivity index (χ1n) is 4.99. The van der Waals surface area contributed by atoms with Crippen molar-refractivity contribution in [3.63, 3.8) is 0 Å². The fourth-order valence-electron chi connectivity index (χ4n) is 1.62. The number of hydrogen-bond donors (Lipinski definition) is 1. The topological polar surface area (TPSA) is 41.6 Å². The lowest BCUT2D eigenvalue weighted by Crippen LogP contribution is -1.84. The van der Waals surface area contributed by atoms with E-state index < -0.39 is 0 Å². The molecule has 0 fully saturated rings. The largest absolute Gasteiger partial charge is 0.337 e. The number of nitrogens with zero attached hydrogens (tertiary/aromatic N) is 2. The van der Waals surface area contributed by atoms with Crippen LogP contribution in [-0.4, -0.2) is 15.0 Å². The zero-order valence-electron chi connectivity index (χ0n) is 8.61. The van der Waals surface area contributed by atoms with Crippen LogP contribution in [0.5, 0.6) is 0 Å². The summed E-state index contributed by atoms with van der Waals surface area (Å²) in [5, 5.41) is 0.618. The van der Waals surface area contributed by atoms with Gasteiger partial charge in [-0.1, -0.05) is 27.5 Å². The third-order valence-corrected chi connectivity index (χ3v) is 3.13. The summed E-state index contributed by atoms with van der Waals surface area (Å²) in [5.74, 6) is 0.745. The van der Waals surface area contributed by atoms with Crippen molar-refractivity contribution in [3.05, 3.63) is 46.0 Å². The van der Waals surface area contributed by atoms with E-state index >= 15 is 0 Å². The maximum absolute atomic E-state index is 5.80. The van der Waals surface area contributed by atoms with Crippen molar-refractivity contribution in [1.29, 1.82) is 0 Å². The molecule has 0 spiro atoms. The van der Waals surface area contributed by atoms with Gasteiger partial charge in [0.25, 0.3) is 0 Å². The van der Waals surface area contributed by atoms with Crippen LogP contribution in [0, 0.1) is 0 Å². The fourth-order valence-corrected chi connectivity index (χ4v) is 2.09. The molecule has 0 aliphatic rings. The summed E-state index contributed by atoms with van der Waals surface area (Å²) < 4.78 is 1.02. The van der Waals surface area contributed by atoms with Gasteiger partial charge < -0.3 is 4.98 Å². The number of fused-ring (bicyclic) bond motifs is 1. The van der Waals surface area contributed by atoms with Crippen molar-refractivity contribution in [2.24, 2.45) is 0 Å². The molecule has 0 atom stereocenters. The second-order valence-corrected chi connectivity index (χ2v) is 4.96. The number of aromatic nitrogens is 3. The molecular formula is C12H7BrClN3. The minimum Gasteiger partial charge on any atom is -0.337 e. The van der Waals surface area contributed by atoms with Gasteiger partial charge in [-0.25, -0.2) is 4.98 Å². The number of imidazole rings is 1. The second-order valence-electron chi connectivity index (χ2n) is 3.61. The molecule has 0 saturated carbocycles. The quantitative estimate of drug-likeness (QED) is 0.737. The Morgan fingerprint density at radius 2 is 2.06 bits per heavy atom. The number of pyridine rings is 1. The van der Waals surface area contributed by atoms with Crippen LogP contribution in [0.3, 0.4) is 0 Å². The Kier molecular flexibility index (Phi) is 2.61. The van der Waals surface area contributed by atoms with Crippen LogP contribution in [0.25, 0.3) is 22.6 Å². The summed E-state index contributed by atoms with van der Waals surface area (Å²) in [7, 11) is 0. The normalized spacial score (nSPS) is 10.9. The van der Waals surface area contributed by atoms with Gasteiger partial charge in [-0.15, -0.1) is 0 Å². The zero-order valence-corrected chi connectivity index (χ0v) is 11.0. The lowest BCUT2D eigenvalue weighted by atomic mass is 10.3. The van der Waals surface area contributed by atoms with Crippen LogP contribution >= 0.6 is 27.5 Å². The highest BCUT2D eigenvalue weighted by Gasteiger charge is 2.06. The number of halogens is 2. The van der Waals surface area contributed by atoms with E-state index in [1.54, 1.807) is 12.3 Å². The Hall–Kier alpha value is -1.39. The standard InChI is InChI=1S/C12H7BrClN3/c13-7-1-3-9-11(5-7)17-12(16-9)10-4-2-8(14)6-15-10/h1-6H,(H,16,17). The van der Waals surface area contributed by atoms with Gasteiger partial charge >= 0.3 is 0 Å². The molecule has 0 bridgehead atoms. The minimum atomic E-state index is 0.618. The molecule has 0 unspecified atom stereocenters. The SMILES string of the molecule is Clc1ccc(-c2nc3ccc(Br)cc3[nH]2)nc1. The highest BCUT2D eigenvalue weighted by atomic mass is 79.9. The van der Waals surface area contributed by atoms with E-state index in [2.05, 4.69) is 30.9 Å². The van der Waals surface area contributed by atoms with Crippen molar-refractivity contribution < 1.29 is 0 Å². The van der Waals surface area contributed by atoms with Crippen molar-refractivity contribution in [2.45, 2.75) is 0 Å². The molecule has 2 aromatic heterocycles. The smallest absolute Gasteiger partial charge is 0.157 e. The van der Waals surface area contributed by atoms with Gasteiger partial charge in [0, 0.05) is 10.7 Å². The Balaban J connectivity index is 2.14. The van der Waals surface area contributed by atoms with Gasteiger partial charge in [0.2, 0.25) is 0 Å². The monoisotopic (exact) mass is 307 g/mol. The number of rotatable bonds is 1. The molecule has 2 heterocycles. The van der Waals surface area contributed by atoms with Crippen molar-refractivity contribution in [2.75, 3.05) is 0 Å². The molecule has 1 aromatic carbocycles. The van der Waals surface area contributed by atoms with Crippen LogP contribution in [0.4, 0.5) is 0 Å². The summed E-state index contributed by atoms with van der Waals surface area (Å²) in [6.07, 6.45) is 1.61. The van der Waals surface area contributed by atoms with Gasteiger partial charge in [-0.3, -0.25) is 4.98 Å². The molecule has 3 nitrogen and oxygen atoms in total.